The van der Waals surface area contributed by atoms with Crippen molar-refractivity contribution in [2.24, 2.45) is 0 Å². The summed E-state index contributed by atoms with van der Waals surface area (Å²) in [4.78, 5) is 0. The first-order valence-electron chi connectivity index (χ1n) is 5.86. The zero-order valence-electron chi connectivity index (χ0n) is 10.5. The van der Waals surface area contributed by atoms with Gasteiger partial charge in [-0.05, 0) is 17.7 Å². The monoisotopic (exact) mass is 277 g/mol. The van der Waals surface area contributed by atoms with Crippen LogP contribution in [0.2, 0.25) is 5.02 Å². The Kier molecular flexibility index (Phi) is 6.40. The molecule has 94 valence electrons. The van der Waals surface area contributed by atoms with Gasteiger partial charge in [-0.2, -0.15) is 0 Å². The van der Waals surface area contributed by atoms with Gasteiger partial charge in [0.2, 0.25) is 0 Å². The third-order valence-corrected chi connectivity index (χ3v) is 2.71. The summed E-state index contributed by atoms with van der Waals surface area (Å²) in [6, 6.07) is 15.9. The van der Waals surface area contributed by atoms with Crippen molar-refractivity contribution in [2.75, 3.05) is 5.32 Å². The molecule has 0 fully saturated rings. The maximum atomic E-state index is 6.21. The number of hydrogen-bond donors (Lipinski definition) is 1. The number of thiocarbonyl (C=S) groups is 1. The minimum Gasteiger partial charge on any atom is -0.353 e. The van der Waals surface area contributed by atoms with Crippen LogP contribution in [0.5, 0.6) is 0 Å². The van der Waals surface area contributed by atoms with Crippen molar-refractivity contribution in [2.45, 2.75) is 13.8 Å². The second-order valence-corrected chi connectivity index (χ2v) is 3.97. The fourth-order valence-corrected chi connectivity index (χ4v) is 1.95. The Bertz CT molecular complexity index is 497. The SMILES string of the molecule is CC.S=CNc1ccc(-c2ccccc2)c(Cl)c1. The second kappa shape index (κ2) is 7.85. The fourth-order valence-electron chi connectivity index (χ4n) is 1.52. The van der Waals surface area contributed by atoms with Crippen LogP contribution >= 0.6 is 23.8 Å². The molecule has 0 heterocycles. The highest BCUT2D eigenvalue weighted by atomic mass is 35.5. The molecule has 0 unspecified atom stereocenters. The number of halogens is 1. The van der Waals surface area contributed by atoms with E-state index >= 15 is 0 Å². The summed E-state index contributed by atoms with van der Waals surface area (Å²) in [5.74, 6) is 0. The van der Waals surface area contributed by atoms with Gasteiger partial charge >= 0.3 is 0 Å². The van der Waals surface area contributed by atoms with Gasteiger partial charge in [-0.3, -0.25) is 0 Å². The second-order valence-electron chi connectivity index (χ2n) is 3.32. The van der Waals surface area contributed by atoms with E-state index in [1.165, 1.54) is 5.49 Å². The lowest BCUT2D eigenvalue weighted by Crippen LogP contribution is -1.91. The van der Waals surface area contributed by atoms with Crippen LogP contribution in [0, 0.1) is 0 Å². The molecule has 0 aromatic heterocycles. The van der Waals surface area contributed by atoms with E-state index in [4.69, 9.17) is 23.8 Å². The molecule has 2 aromatic carbocycles. The molecule has 2 rings (SSSR count). The molecule has 0 radical (unpaired) electrons. The van der Waals surface area contributed by atoms with Crippen molar-refractivity contribution in [3.63, 3.8) is 0 Å². The standard InChI is InChI=1S/C13H10ClNS.C2H6/c14-13-8-11(15-9-16)6-7-12(13)10-4-2-1-3-5-10;1-2/h1-9H,(H,15,16);1-2H3. The van der Waals surface area contributed by atoms with Crippen molar-refractivity contribution in [3.8, 4) is 11.1 Å². The predicted molar refractivity (Wildman–Crippen MR) is 85.5 cm³/mol. The quantitative estimate of drug-likeness (QED) is 0.754. The van der Waals surface area contributed by atoms with Gasteiger partial charge < -0.3 is 5.32 Å². The molecule has 0 saturated carbocycles. The number of anilines is 1. The predicted octanol–water partition coefficient (Wildman–Crippen LogP) is 5.40. The molecule has 2 aromatic rings. The first-order valence-corrected chi connectivity index (χ1v) is 6.71. The average molecular weight is 278 g/mol. The Morgan fingerprint density at radius 1 is 1.06 bits per heavy atom. The summed E-state index contributed by atoms with van der Waals surface area (Å²) < 4.78 is 0. The van der Waals surface area contributed by atoms with Crippen LogP contribution in [-0.4, -0.2) is 5.49 Å². The highest BCUT2D eigenvalue weighted by Crippen LogP contribution is 2.29. The summed E-state index contributed by atoms with van der Waals surface area (Å²) >= 11 is 10.9. The average Bonchev–Trinajstić information content (AvgIpc) is 2.42. The topological polar surface area (TPSA) is 12.0 Å². The van der Waals surface area contributed by atoms with Gasteiger partial charge in [0.15, 0.2) is 0 Å². The Hall–Kier alpha value is -1.38. The van der Waals surface area contributed by atoms with Gasteiger partial charge in [0.1, 0.15) is 0 Å². The summed E-state index contributed by atoms with van der Waals surface area (Å²) in [5, 5.41) is 3.65. The lowest BCUT2D eigenvalue weighted by atomic mass is 10.1. The lowest BCUT2D eigenvalue weighted by molar-refractivity contribution is 1.50. The van der Waals surface area contributed by atoms with Gasteiger partial charge in [0.05, 0.1) is 10.5 Å². The molecule has 0 saturated heterocycles. The smallest absolute Gasteiger partial charge is 0.0658 e. The maximum absolute atomic E-state index is 6.21. The molecule has 0 bridgehead atoms. The van der Waals surface area contributed by atoms with Crippen LogP contribution in [-0.2, 0) is 0 Å². The van der Waals surface area contributed by atoms with Gasteiger partial charge in [-0.1, -0.05) is 74.1 Å². The highest BCUT2D eigenvalue weighted by molar-refractivity contribution is 7.79. The van der Waals surface area contributed by atoms with E-state index in [0.717, 1.165) is 16.8 Å². The van der Waals surface area contributed by atoms with E-state index in [9.17, 15) is 0 Å². The van der Waals surface area contributed by atoms with Crippen molar-refractivity contribution in [1.82, 2.24) is 0 Å². The summed E-state index contributed by atoms with van der Waals surface area (Å²) in [7, 11) is 0. The largest absolute Gasteiger partial charge is 0.353 e. The minimum atomic E-state index is 0.716. The molecule has 0 aliphatic carbocycles. The fraction of sp³-hybridized carbons (Fsp3) is 0.133. The van der Waals surface area contributed by atoms with Crippen LogP contribution in [0.15, 0.2) is 48.5 Å². The van der Waals surface area contributed by atoms with Crippen LogP contribution in [0.1, 0.15) is 13.8 Å². The van der Waals surface area contributed by atoms with E-state index in [1.807, 2.05) is 62.4 Å². The molecule has 3 heteroatoms. The van der Waals surface area contributed by atoms with Crippen LogP contribution in [0.4, 0.5) is 5.69 Å². The molecule has 0 aliphatic rings. The number of benzene rings is 2. The number of nitrogens with one attached hydrogen (secondary N) is 1. The Morgan fingerprint density at radius 3 is 2.28 bits per heavy atom. The van der Waals surface area contributed by atoms with E-state index in [2.05, 4.69) is 5.32 Å². The molecule has 1 nitrogen and oxygen atoms in total. The first kappa shape index (κ1) is 14.7. The van der Waals surface area contributed by atoms with Gasteiger partial charge in [-0.25, -0.2) is 0 Å². The number of hydrogen-bond acceptors (Lipinski definition) is 1. The molecule has 0 spiro atoms. The molecule has 1 N–H and O–H groups in total. The highest BCUT2D eigenvalue weighted by Gasteiger charge is 2.03. The molecule has 0 atom stereocenters. The minimum absolute atomic E-state index is 0.716. The Balaban J connectivity index is 0.000000771. The van der Waals surface area contributed by atoms with E-state index < -0.39 is 0 Å². The van der Waals surface area contributed by atoms with E-state index in [1.54, 1.807) is 0 Å². The van der Waals surface area contributed by atoms with Crippen molar-refractivity contribution < 1.29 is 0 Å². The normalized spacial score (nSPS) is 9.06. The van der Waals surface area contributed by atoms with Gasteiger partial charge in [0.25, 0.3) is 0 Å². The zero-order valence-corrected chi connectivity index (χ0v) is 12.1. The third kappa shape index (κ3) is 3.83. The molecular formula is C15H16ClNS. The third-order valence-electron chi connectivity index (χ3n) is 2.28. The van der Waals surface area contributed by atoms with Crippen molar-refractivity contribution in [1.29, 1.82) is 0 Å². The molecule has 0 amide bonds. The maximum Gasteiger partial charge on any atom is 0.0658 e. The Morgan fingerprint density at radius 2 is 1.72 bits per heavy atom. The van der Waals surface area contributed by atoms with Crippen LogP contribution in [0.3, 0.4) is 0 Å². The van der Waals surface area contributed by atoms with Crippen molar-refractivity contribution in [3.05, 3.63) is 53.6 Å². The molecular weight excluding hydrogens is 262 g/mol. The van der Waals surface area contributed by atoms with Crippen LogP contribution < -0.4 is 5.32 Å². The molecule has 18 heavy (non-hydrogen) atoms. The summed E-state index contributed by atoms with van der Waals surface area (Å²) in [6.45, 7) is 4.00. The number of rotatable bonds is 3. The van der Waals surface area contributed by atoms with E-state index in [0.29, 0.717) is 5.02 Å². The van der Waals surface area contributed by atoms with Crippen LogP contribution in [0.25, 0.3) is 11.1 Å². The summed E-state index contributed by atoms with van der Waals surface area (Å²) in [5.41, 5.74) is 4.51. The molecule has 0 aliphatic heterocycles. The van der Waals surface area contributed by atoms with Crippen molar-refractivity contribution >= 4 is 35.0 Å². The zero-order chi connectivity index (χ0) is 13.4. The van der Waals surface area contributed by atoms with Gasteiger partial charge in [0, 0.05) is 11.3 Å². The Labute approximate surface area is 119 Å². The van der Waals surface area contributed by atoms with Gasteiger partial charge in [-0.15, -0.1) is 0 Å². The lowest BCUT2D eigenvalue weighted by Gasteiger charge is -2.06. The summed E-state index contributed by atoms with van der Waals surface area (Å²) in [6.07, 6.45) is 0. The van der Waals surface area contributed by atoms with E-state index in [-0.39, 0.29) is 0 Å². The first-order chi connectivity index (χ1) is 8.81.